The molecule has 0 aromatic heterocycles. The van der Waals surface area contributed by atoms with Crippen LogP contribution >= 0.6 is 0 Å². The molecule has 0 saturated carbocycles. The first kappa shape index (κ1) is 38.1. The Kier molecular flexibility index (Phi) is 93.8. The average Bonchev–Trinajstić information content (AvgIpc) is 1.25. The van der Waals surface area contributed by atoms with E-state index in [1.165, 1.54) is 0 Å². The summed E-state index contributed by atoms with van der Waals surface area (Å²) in [5.74, 6) is 0. The molecule has 0 heterocycles. The summed E-state index contributed by atoms with van der Waals surface area (Å²) in [6.45, 7) is 0. The summed E-state index contributed by atoms with van der Waals surface area (Å²) in [5.41, 5.74) is 0. The third kappa shape index (κ3) is 941. The minimum absolute atomic E-state index is 0. The van der Waals surface area contributed by atoms with Gasteiger partial charge >= 0.3 is 93.3 Å². The van der Waals surface area contributed by atoms with Gasteiger partial charge in [0.05, 0.1) is 0 Å². The number of carbonyl (C=O) groups is 2. The van der Waals surface area contributed by atoms with Gasteiger partial charge in [0.1, 0.15) is 0 Å². The minimum Gasteiger partial charge on any atom is -0.870 e. The summed E-state index contributed by atoms with van der Waals surface area (Å²) in [7, 11) is 0. The van der Waals surface area contributed by atoms with E-state index < -0.39 is 12.3 Å². The topological polar surface area (TPSA) is 175 Å². The first-order valence-corrected chi connectivity index (χ1v) is 1.30. The Morgan fingerprint density at radius 1 is 0.750 bits per heavy atom. The summed E-state index contributed by atoms with van der Waals surface area (Å²) in [5, 5.41) is 27.9. The third-order valence-corrected chi connectivity index (χ3v) is 0. The standard InChI is InChI=1S/2CH2O3.K.Na.2H2O/c2*2-1(3)4;;;;/h2*(H2,2,3,4);;;2*1H2/q;;2*+1;;/p-2. The van der Waals surface area contributed by atoms with Crippen LogP contribution in [0.3, 0.4) is 0 Å². The van der Waals surface area contributed by atoms with Crippen LogP contribution in [-0.4, -0.2) is 43.7 Å². The minimum atomic E-state index is -1.83. The molecular weight excluding hydrogens is 214 g/mol. The Morgan fingerprint density at radius 3 is 0.750 bits per heavy atom. The Bertz CT molecular complexity index is 75.1. The van der Waals surface area contributed by atoms with Crippen LogP contribution in [-0.2, 0) is 0 Å². The predicted octanol–water partition coefficient (Wildman–Crippen LogP) is -5.90. The average molecular weight is 220 g/mol. The Balaban J connectivity index is -0.0000000112. The van der Waals surface area contributed by atoms with Crippen LogP contribution in [0, 0.1) is 0 Å². The smallest absolute Gasteiger partial charge is 0.870 e. The first-order valence-electron chi connectivity index (χ1n) is 1.30. The molecule has 0 spiro atoms. The van der Waals surface area contributed by atoms with Crippen molar-refractivity contribution in [2.45, 2.75) is 0 Å². The molecule has 0 amide bonds. The van der Waals surface area contributed by atoms with Crippen molar-refractivity contribution < 1.29 is 122 Å². The first-order chi connectivity index (χ1) is 3.46. The van der Waals surface area contributed by atoms with Crippen LogP contribution in [0.2, 0.25) is 0 Å². The quantitative estimate of drug-likeness (QED) is 0.291. The molecule has 0 aliphatic heterocycles. The maximum Gasteiger partial charge on any atom is 1.00 e. The van der Waals surface area contributed by atoms with Crippen LogP contribution < -0.4 is 80.9 Å². The second-order valence-electron chi connectivity index (χ2n) is 0.565. The van der Waals surface area contributed by atoms with E-state index in [1.807, 2.05) is 0 Å². The molecule has 0 unspecified atom stereocenters. The maximum absolute atomic E-state index is 8.56. The van der Waals surface area contributed by atoms with Crippen molar-refractivity contribution in [2.75, 3.05) is 0 Å². The molecule has 8 nitrogen and oxygen atoms in total. The molecule has 0 saturated heterocycles. The molecule has 0 fully saturated rings. The van der Waals surface area contributed by atoms with E-state index in [-0.39, 0.29) is 91.9 Å². The van der Waals surface area contributed by atoms with Crippen LogP contribution in [0.15, 0.2) is 0 Å². The van der Waals surface area contributed by atoms with Gasteiger partial charge in [0.25, 0.3) is 0 Å². The van der Waals surface area contributed by atoms with Gasteiger partial charge in [-0.2, -0.15) is 0 Å². The van der Waals surface area contributed by atoms with E-state index in [0.29, 0.717) is 0 Å². The van der Waals surface area contributed by atoms with E-state index in [1.54, 1.807) is 0 Å². The molecule has 0 aromatic rings. The molecule has 0 atom stereocenters. The fourth-order valence-electron chi connectivity index (χ4n) is 0. The summed E-state index contributed by atoms with van der Waals surface area (Å²) in [6.07, 6.45) is -3.67. The van der Waals surface area contributed by atoms with Gasteiger partial charge in [-0.15, -0.1) is 0 Å². The molecule has 0 bridgehead atoms. The van der Waals surface area contributed by atoms with Crippen molar-refractivity contribution in [3.63, 3.8) is 0 Å². The normalized spacial score (nSPS) is 4.00. The Labute approximate surface area is 132 Å². The zero-order chi connectivity index (χ0) is 7.15. The van der Waals surface area contributed by atoms with Gasteiger partial charge in [0.15, 0.2) is 0 Å². The molecule has 64 valence electrons. The summed E-state index contributed by atoms with van der Waals surface area (Å²) < 4.78 is 0. The van der Waals surface area contributed by atoms with Crippen molar-refractivity contribution >= 4 is 12.3 Å². The van der Waals surface area contributed by atoms with E-state index in [4.69, 9.17) is 30.0 Å². The molecule has 12 heavy (non-hydrogen) atoms. The van der Waals surface area contributed by atoms with E-state index in [0.717, 1.165) is 0 Å². The molecule has 0 radical (unpaired) electrons. The van der Waals surface area contributed by atoms with Crippen LogP contribution in [0.4, 0.5) is 9.59 Å². The number of carboxylic acid groups (broad SMARTS) is 4. The molecule has 10 heteroatoms. The van der Waals surface area contributed by atoms with Crippen molar-refractivity contribution in [2.24, 2.45) is 0 Å². The summed E-state index contributed by atoms with van der Waals surface area (Å²) in [4.78, 5) is 17.1. The van der Waals surface area contributed by atoms with E-state index in [2.05, 4.69) is 0 Å². The van der Waals surface area contributed by atoms with Gasteiger partial charge in [-0.3, -0.25) is 0 Å². The monoisotopic (exact) mass is 220 g/mol. The molecule has 0 aromatic carbocycles. The molecule has 0 aliphatic carbocycles. The van der Waals surface area contributed by atoms with Gasteiger partial charge in [0, 0.05) is 0 Å². The van der Waals surface area contributed by atoms with E-state index >= 15 is 0 Å². The Morgan fingerprint density at radius 2 is 0.750 bits per heavy atom. The number of hydrogen-bond donors (Lipinski definition) is 4. The molecular formula is C2H6KNaO8. The van der Waals surface area contributed by atoms with Gasteiger partial charge in [-0.05, 0) is 0 Å². The summed E-state index contributed by atoms with van der Waals surface area (Å²) in [6, 6.07) is 0. The SMILES string of the molecule is O=C(O)O.O=C(O)O.[K+].[Na+].[OH-].[OH-]. The van der Waals surface area contributed by atoms with E-state index in [9.17, 15) is 0 Å². The van der Waals surface area contributed by atoms with Crippen molar-refractivity contribution in [1.82, 2.24) is 0 Å². The fourth-order valence-corrected chi connectivity index (χ4v) is 0. The van der Waals surface area contributed by atoms with Gasteiger partial charge in [-0.25, -0.2) is 9.59 Å². The molecule has 0 aliphatic rings. The van der Waals surface area contributed by atoms with Crippen molar-refractivity contribution in [3.05, 3.63) is 0 Å². The van der Waals surface area contributed by atoms with Crippen LogP contribution in [0.1, 0.15) is 0 Å². The zero-order valence-corrected chi connectivity index (χ0v) is 11.6. The third-order valence-electron chi connectivity index (χ3n) is 0. The Hall–Kier alpha value is 1.10. The largest absolute Gasteiger partial charge is 1.00 e. The zero-order valence-electron chi connectivity index (χ0n) is 6.50. The fraction of sp³-hybridized carbons (Fsp3) is 0. The van der Waals surface area contributed by atoms with Crippen molar-refractivity contribution in [1.29, 1.82) is 0 Å². The second kappa shape index (κ2) is 29.6. The second-order valence-corrected chi connectivity index (χ2v) is 0.565. The summed E-state index contributed by atoms with van der Waals surface area (Å²) >= 11 is 0. The molecule has 0 rings (SSSR count). The van der Waals surface area contributed by atoms with Gasteiger partial charge in [-0.1, -0.05) is 0 Å². The van der Waals surface area contributed by atoms with Gasteiger partial charge in [0.2, 0.25) is 0 Å². The number of rotatable bonds is 0. The predicted molar refractivity (Wildman–Crippen MR) is 25.2 cm³/mol. The van der Waals surface area contributed by atoms with Crippen LogP contribution in [0.5, 0.6) is 0 Å². The molecule has 6 N–H and O–H groups in total. The number of hydrogen-bond acceptors (Lipinski definition) is 4. The van der Waals surface area contributed by atoms with Crippen molar-refractivity contribution in [3.8, 4) is 0 Å². The van der Waals surface area contributed by atoms with Gasteiger partial charge < -0.3 is 31.4 Å². The van der Waals surface area contributed by atoms with Crippen LogP contribution in [0.25, 0.3) is 0 Å². The maximum atomic E-state index is 8.56.